The van der Waals surface area contributed by atoms with Gasteiger partial charge in [-0.25, -0.2) is 0 Å². The van der Waals surface area contributed by atoms with Gasteiger partial charge in [0.25, 0.3) is 0 Å². The molecule has 0 spiro atoms. The fraction of sp³-hybridized carbons (Fsp3) is 0. The molecule has 16 heavy (non-hydrogen) atoms. The van der Waals surface area contributed by atoms with Crippen molar-refractivity contribution in [2.24, 2.45) is 0 Å². The van der Waals surface area contributed by atoms with E-state index in [1.54, 1.807) is 10.8 Å². The van der Waals surface area contributed by atoms with Gasteiger partial charge in [-0.15, -0.1) is 11.3 Å². The predicted molar refractivity (Wildman–Crippen MR) is 70.9 cm³/mol. The number of hydrogen-bond acceptors (Lipinski definition) is 4. The highest BCUT2D eigenvalue weighted by molar-refractivity contribution is 9.12. The molecule has 0 atom stereocenters. The molecule has 0 unspecified atom stereocenters. The van der Waals surface area contributed by atoms with Crippen LogP contribution in [0.25, 0.3) is 0 Å². The fourth-order valence-corrected chi connectivity index (χ4v) is 5.64. The third kappa shape index (κ3) is 1.27. The van der Waals surface area contributed by atoms with Gasteiger partial charge < -0.3 is 0 Å². The normalized spacial score (nSPS) is 13.9. The smallest absolute Gasteiger partial charge is 0.197 e. The first kappa shape index (κ1) is 10.8. The lowest BCUT2D eigenvalue weighted by Crippen LogP contribution is -2.18. The van der Waals surface area contributed by atoms with Crippen molar-refractivity contribution in [3.8, 4) is 0 Å². The lowest BCUT2D eigenvalue weighted by molar-refractivity contribution is 0.0980. The van der Waals surface area contributed by atoms with E-state index in [0.717, 1.165) is 0 Å². The van der Waals surface area contributed by atoms with Crippen molar-refractivity contribution in [2.75, 3.05) is 0 Å². The number of hydrogen-bond donors (Lipinski definition) is 0. The van der Waals surface area contributed by atoms with E-state index in [-0.39, 0.29) is 11.6 Å². The van der Waals surface area contributed by atoms with Crippen LogP contribution in [0.4, 0.5) is 0 Å². The van der Waals surface area contributed by atoms with Gasteiger partial charge in [-0.1, -0.05) is 0 Å². The Morgan fingerprint density at radius 1 is 0.875 bits per heavy atom. The van der Waals surface area contributed by atoms with Crippen molar-refractivity contribution in [2.45, 2.75) is 0 Å². The standard InChI is InChI=1S/C10H2Br2O2S2/c11-9-5-6(10(12)16-9)8(14)4-2-15-1-3(4)7(5)13/h1-2H. The number of halogens is 2. The summed E-state index contributed by atoms with van der Waals surface area (Å²) >= 11 is 9.40. The molecule has 0 saturated carbocycles. The van der Waals surface area contributed by atoms with Gasteiger partial charge >= 0.3 is 0 Å². The monoisotopic (exact) mass is 376 g/mol. The van der Waals surface area contributed by atoms with Gasteiger partial charge in [0.15, 0.2) is 11.6 Å². The number of carbonyl (C=O) groups is 2. The molecule has 0 N–H and O–H groups in total. The maximum absolute atomic E-state index is 12.2. The van der Waals surface area contributed by atoms with Crippen LogP contribution in [0, 0.1) is 0 Å². The Kier molecular flexibility index (Phi) is 2.43. The fourth-order valence-electron chi connectivity index (χ4n) is 1.70. The maximum Gasteiger partial charge on any atom is 0.197 e. The van der Waals surface area contributed by atoms with Crippen molar-refractivity contribution in [1.82, 2.24) is 0 Å². The molecule has 0 aliphatic heterocycles. The first-order valence-electron chi connectivity index (χ1n) is 4.24. The minimum absolute atomic E-state index is 0.0697. The lowest BCUT2D eigenvalue weighted by Gasteiger charge is -2.10. The number of fused-ring (bicyclic) bond motifs is 2. The molecule has 0 saturated heterocycles. The van der Waals surface area contributed by atoms with Crippen molar-refractivity contribution in [3.05, 3.63) is 40.6 Å². The highest BCUT2D eigenvalue weighted by Gasteiger charge is 2.35. The second-order valence-electron chi connectivity index (χ2n) is 3.26. The summed E-state index contributed by atoms with van der Waals surface area (Å²) in [5, 5.41) is 3.47. The molecule has 0 aromatic carbocycles. The van der Waals surface area contributed by atoms with Crippen molar-refractivity contribution >= 4 is 66.1 Å². The third-order valence-electron chi connectivity index (χ3n) is 2.43. The molecule has 6 heteroatoms. The minimum Gasteiger partial charge on any atom is -0.288 e. The van der Waals surface area contributed by atoms with Gasteiger partial charge in [0.2, 0.25) is 0 Å². The molecule has 0 radical (unpaired) electrons. The molecule has 0 bridgehead atoms. The number of carbonyl (C=O) groups excluding carboxylic acids is 2. The summed E-state index contributed by atoms with van der Waals surface area (Å²) in [4.78, 5) is 24.3. The van der Waals surface area contributed by atoms with Crippen LogP contribution in [-0.4, -0.2) is 11.6 Å². The molecular formula is C10H2Br2O2S2. The van der Waals surface area contributed by atoms with Crippen LogP contribution < -0.4 is 0 Å². The Labute approximate surface area is 116 Å². The molecule has 2 aromatic rings. The molecule has 2 nitrogen and oxygen atoms in total. The molecule has 3 rings (SSSR count). The lowest BCUT2D eigenvalue weighted by atomic mass is 9.90. The molecule has 80 valence electrons. The van der Waals surface area contributed by atoms with E-state index in [1.165, 1.54) is 22.7 Å². The van der Waals surface area contributed by atoms with Crippen LogP contribution in [0.3, 0.4) is 0 Å². The van der Waals surface area contributed by atoms with Gasteiger partial charge in [0.1, 0.15) is 0 Å². The van der Waals surface area contributed by atoms with Crippen LogP contribution in [-0.2, 0) is 0 Å². The zero-order valence-corrected chi connectivity index (χ0v) is 12.3. The van der Waals surface area contributed by atoms with E-state index in [0.29, 0.717) is 29.8 Å². The van der Waals surface area contributed by atoms with Crippen LogP contribution in [0.5, 0.6) is 0 Å². The van der Waals surface area contributed by atoms with Crippen molar-refractivity contribution in [1.29, 1.82) is 0 Å². The predicted octanol–water partition coefficient (Wildman–Crippen LogP) is 4.11. The molecule has 0 fully saturated rings. The van der Waals surface area contributed by atoms with Crippen LogP contribution in [0.2, 0.25) is 0 Å². The molecular weight excluding hydrogens is 376 g/mol. The summed E-state index contributed by atoms with van der Waals surface area (Å²) < 4.78 is 1.43. The Morgan fingerprint density at radius 2 is 1.31 bits per heavy atom. The van der Waals surface area contributed by atoms with Gasteiger partial charge in [-0.2, -0.15) is 11.3 Å². The number of thiophene rings is 2. The second-order valence-corrected chi connectivity index (χ2v) is 7.66. The number of rotatable bonds is 0. The topological polar surface area (TPSA) is 34.1 Å². The molecule has 1 aliphatic rings. The third-order valence-corrected chi connectivity index (χ3v) is 5.70. The Bertz CT molecular complexity index is 588. The molecule has 2 heterocycles. The van der Waals surface area contributed by atoms with E-state index in [4.69, 9.17) is 0 Å². The summed E-state index contributed by atoms with van der Waals surface area (Å²) in [6.45, 7) is 0. The highest BCUT2D eigenvalue weighted by atomic mass is 79.9. The molecule has 0 amide bonds. The van der Waals surface area contributed by atoms with Crippen LogP contribution >= 0.6 is 54.5 Å². The van der Waals surface area contributed by atoms with Crippen molar-refractivity contribution < 1.29 is 9.59 Å². The van der Waals surface area contributed by atoms with E-state index >= 15 is 0 Å². The Balaban J connectivity index is 2.40. The first-order chi connectivity index (χ1) is 7.61. The summed E-state index contributed by atoms with van der Waals surface area (Å²) in [5.41, 5.74) is 2.03. The molecule has 2 aromatic heterocycles. The number of ketones is 2. The summed E-state index contributed by atoms with van der Waals surface area (Å²) in [7, 11) is 0. The largest absolute Gasteiger partial charge is 0.288 e. The second kappa shape index (κ2) is 3.60. The Hall–Kier alpha value is -0.300. The van der Waals surface area contributed by atoms with E-state index < -0.39 is 0 Å². The average molecular weight is 378 g/mol. The summed E-state index contributed by atoms with van der Waals surface area (Å²) in [6.07, 6.45) is 0. The van der Waals surface area contributed by atoms with Gasteiger partial charge in [-0.3, -0.25) is 9.59 Å². The minimum atomic E-state index is -0.0697. The van der Waals surface area contributed by atoms with Gasteiger partial charge in [0, 0.05) is 21.9 Å². The van der Waals surface area contributed by atoms with Crippen LogP contribution in [0.15, 0.2) is 18.3 Å². The highest BCUT2D eigenvalue weighted by Crippen LogP contribution is 2.43. The first-order valence-corrected chi connectivity index (χ1v) is 7.59. The summed E-state index contributed by atoms with van der Waals surface area (Å²) in [6, 6.07) is 0. The van der Waals surface area contributed by atoms with E-state index in [9.17, 15) is 9.59 Å². The quantitative estimate of drug-likeness (QED) is 0.590. The van der Waals surface area contributed by atoms with Gasteiger partial charge in [0.05, 0.1) is 18.7 Å². The van der Waals surface area contributed by atoms with Gasteiger partial charge in [-0.05, 0) is 31.9 Å². The zero-order valence-electron chi connectivity index (χ0n) is 7.54. The maximum atomic E-state index is 12.2. The molecule has 1 aliphatic carbocycles. The Morgan fingerprint density at radius 3 is 1.75 bits per heavy atom. The van der Waals surface area contributed by atoms with Crippen LogP contribution in [0.1, 0.15) is 31.8 Å². The zero-order chi connectivity index (χ0) is 11.4. The van der Waals surface area contributed by atoms with Crippen molar-refractivity contribution in [3.63, 3.8) is 0 Å². The van der Waals surface area contributed by atoms with E-state index in [1.807, 2.05) is 0 Å². The SMILES string of the molecule is O=C1c2cscc2C(=O)c2c(Br)sc(Br)c21. The van der Waals surface area contributed by atoms with E-state index in [2.05, 4.69) is 31.9 Å². The average Bonchev–Trinajstić information content (AvgIpc) is 2.80. The summed E-state index contributed by atoms with van der Waals surface area (Å²) in [5.74, 6) is -0.139.